The van der Waals surface area contributed by atoms with Crippen molar-refractivity contribution in [1.29, 1.82) is 0 Å². The first kappa shape index (κ1) is 19.0. The molecule has 0 atom stereocenters. The molecule has 0 unspecified atom stereocenters. The third-order valence-electron chi connectivity index (χ3n) is 4.36. The Bertz CT molecular complexity index is 1090. The summed E-state index contributed by atoms with van der Waals surface area (Å²) in [5.41, 5.74) is 2.90. The molecule has 5 nitrogen and oxygen atoms in total. The van der Waals surface area contributed by atoms with Gasteiger partial charge in [0.05, 0.1) is 17.8 Å². The third kappa shape index (κ3) is 4.55. The average molecular weight is 445 g/mol. The molecule has 1 amide bonds. The monoisotopic (exact) mass is 444 g/mol. The van der Waals surface area contributed by atoms with Crippen LogP contribution in [-0.4, -0.2) is 20.9 Å². The normalized spacial score (nSPS) is 10.5. The summed E-state index contributed by atoms with van der Waals surface area (Å²) >= 11 is 3.44. The zero-order valence-electron chi connectivity index (χ0n) is 15.4. The fourth-order valence-electron chi connectivity index (χ4n) is 2.89. The van der Waals surface area contributed by atoms with Gasteiger partial charge in [0.25, 0.3) is 5.91 Å². The second-order valence-electron chi connectivity index (χ2n) is 6.35. The van der Waals surface area contributed by atoms with Gasteiger partial charge in [-0.1, -0.05) is 52.3 Å². The minimum absolute atomic E-state index is 0.183. The fraction of sp³-hybridized carbons (Fsp3) is 0.0435. The summed E-state index contributed by atoms with van der Waals surface area (Å²) < 4.78 is 0.946. The number of nitrogens with zero attached hydrogens (tertiary/aromatic N) is 4. The highest BCUT2D eigenvalue weighted by Crippen LogP contribution is 2.22. The molecule has 0 aliphatic rings. The van der Waals surface area contributed by atoms with Crippen LogP contribution in [0.25, 0.3) is 11.4 Å². The molecule has 0 saturated heterocycles. The highest BCUT2D eigenvalue weighted by molar-refractivity contribution is 9.10. The highest BCUT2D eigenvalue weighted by atomic mass is 79.9. The Morgan fingerprint density at radius 2 is 1.52 bits per heavy atom. The first-order valence-electron chi connectivity index (χ1n) is 9.05. The molecule has 0 spiro atoms. The van der Waals surface area contributed by atoms with Crippen molar-refractivity contribution in [3.05, 3.63) is 107 Å². The molecule has 2 aromatic heterocycles. The van der Waals surface area contributed by atoms with Gasteiger partial charge in [0.1, 0.15) is 0 Å². The number of rotatable bonds is 5. The van der Waals surface area contributed by atoms with Gasteiger partial charge in [0.15, 0.2) is 5.82 Å². The Balaban J connectivity index is 1.64. The molecule has 2 heterocycles. The van der Waals surface area contributed by atoms with Crippen molar-refractivity contribution >= 4 is 27.5 Å². The van der Waals surface area contributed by atoms with Gasteiger partial charge < -0.3 is 4.90 Å². The van der Waals surface area contributed by atoms with E-state index in [9.17, 15) is 4.79 Å². The largest absolute Gasteiger partial charge is 0.302 e. The number of anilines is 1. The van der Waals surface area contributed by atoms with E-state index >= 15 is 0 Å². The van der Waals surface area contributed by atoms with Crippen molar-refractivity contribution in [2.24, 2.45) is 0 Å². The maximum atomic E-state index is 13.3. The number of pyridine rings is 1. The van der Waals surface area contributed by atoms with Crippen LogP contribution in [0, 0.1) is 0 Å². The van der Waals surface area contributed by atoms with Gasteiger partial charge in [-0.15, -0.1) is 0 Å². The van der Waals surface area contributed by atoms with Gasteiger partial charge in [-0.3, -0.25) is 9.78 Å². The fourth-order valence-corrected chi connectivity index (χ4v) is 3.15. The Morgan fingerprint density at radius 3 is 2.17 bits per heavy atom. The van der Waals surface area contributed by atoms with Crippen molar-refractivity contribution in [1.82, 2.24) is 15.0 Å². The number of benzene rings is 2. The zero-order valence-corrected chi connectivity index (χ0v) is 17.0. The number of carbonyl (C=O) groups excluding carboxylic acids is 1. The number of aromatic nitrogens is 3. The maximum Gasteiger partial charge on any atom is 0.261 e. The standard InChI is InChI=1S/C23H17BrN4O/c24-19-9-11-21(12-10-19)28(16-20-8-4-5-13-25-20)23(29)18-14-26-22(27-15-18)17-6-2-1-3-7-17/h1-15H,16H2. The van der Waals surface area contributed by atoms with Gasteiger partial charge in [0, 0.05) is 34.3 Å². The number of halogens is 1. The highest BCUT2D eigenvalue weighted by Gasteiger charge is 2.20. The lowest BCUT2D eigenvalue weighted by molar-refractivity contribution is 0.0984. The van der Waals surface area contributed by atoms with Gasteiger partial charge in [-0.05, 0) is 36.4 Å². The molecule has 0 fully saturated rings. The zero-order chi connectivity index (χ0) is 20.1. The van der Waals surface area contributed by atoms with Crippen LogP contribution in [-0.2, 0) is 6.54 Å². The van der Waals surface area contributed by atoms with Crippen molar-refractivity contribution in [3.8, 4) is 11.4 Å². The van der Waals surface area contributed by atoms with Crippen molar-refractivity contribution < 1.29 is 4.79 Å². The van der Waals surface area contributed by atoms with Crippen LogP contribution in [0.1, 0.15) is 16.1 Å². The summed E-state index contributed by atoms with van der Waals surface area (Å²) in [6, 6.07) is 22.9. The van der Waals surface area contributed by atoms with Crippen LogP contribution in [0.5, 0.6) is 0 Å². The van der Waals surface area contributed by atoms with E-state index in [1.807, 2.05) is 72.8 Å². The molecule has 0 radical (unpaired) electrons. The smallest absolute Gasteiger partial charge is 0.261 e. The van der Waals surface area contributed by atoms with E-state index in [2.05, 4.69) is 30.9 Å². The molecular weight excluding hydrogens is 428 g/mol. The van der Waals surface area contributed by atoms with E-state index in [1.165, 1.54) is 0 Å². The van der Waals surface area contributed by atoms with Crippen LogP contribution in [0.15, 0.2) is 95.9 Å². The van der Waals surface area contributed by atoms with Gasteiger partial charge in [0.2, 0.25) is 0 Å². The van der Waals surface area contributed by atoms with Crippen LogP contribution in [0.2, 0.25) is 0 Å². The molecular formula is C23H17BrN4O. The molecule has 0 N–H and O–H groups in total. The predicted octanol–water partition coefficient (Wildman–Crippen LogP) is 5.15. The molecule has 4 aromatic rings. The first-order chi connectivity index (χ1) is 14.2. The van der Waals surface area contributed by atoms with Crippen molar-refractivity contribution in [2.45, 2.75) is 6.54 Å². The summed E-state index contributed by atoms with van der Waals surface area (Å²) in [5.74, 6) is 0.402. The number of hydrogen-bond donors (Lipinski definition) is 0. The maximum absolute atomic E-state index is 13.3. The Labute approximate surface area is 177 Å². The van der Waals surface area contributed by atoms with Crippen LogP contribution >= 0.6 is 15.9 Å². The topological polar surface area (TPSA) is 59.0 Å². The molecule has 0 aliphatic heterocycles. The average Bonchev–Trinajstić information content (AvgIpc) is 2.79. The minimum atomic E-state index is -0.183. The number of carbonyl (C=O) groups is 1. The van der Waals surface area contributed by atoms with E-state index in [0.29, 0.717) is 17.9 Å². The lowest BCUT2D eigenvalue weighted by Crippen LogP contribution is -2.31. The van der Waals surface area contributed by atoms with E-state index in [0.717, 1.165) is 21.4 Å². The van der Waals surface area contributed by atoms with Gasteiger partial charge in [-0.25, -0.2) is 9.97 Å². The molecule has 142 valence electrons. The van der Waals surface area contributed by atoms with E-state index in [-0.39, 0.29) is 5.91 Å². The van der Waals surface area contributed by atoms with Crippen molar-refractivity contribution in [2.75, 3.05) is 4.90 Å². The SMILES string of the molecule is O=C(c1cnc(-c2ccccc2)nc1)N(Cc1ccccn1)c1ccc(Br)cc1. The lowest BCUT2D eigenvalue weighted by Gasteiger charge is -2.22. The van der Waals surface area contributed by atoms with Gasteiger partial charge >= 0.3 is 0 Å². The third-order valence-corrected chi connectivity index (χ3v) is 4.89. The summed E-state index contributed by atoms with van der Waals surface area (Å²) in [4.78, 5) is 28.1. The Hall–Kier alpha value is -3.38. The van der Waals surface area contributed by atoms with Crippen LogP contribution in [0.4, 0.5) is 5.69 Å². The lowest BCUT2D eigenvalue weighted by atomic mass is 10.2. The van der Waals surface area contributed by atoms with Gasteiger partial charge in [-0.2, -0.15) is 0 Å². The van der Waals surface area contributed by atoms with E-state index < -0.39 is 0 Å². The van der Waals surface area contributed by atoms with E-state index in [4.69, 9.17) is 0 Å². The summed E-state index contributed by atoms with van der Waals surface area (Å²) in [6.45, 7) is 0.349. The summed E-state index contributed by atoms with van der Waals surface area (Å²) in [7, 11) is 0. The van der Waals surface area contributed by atoms with Crippen molar-refractivity contribution in [3.63, 3.8) is 0 Å². The van der Waals surface area contributed by atoms with E-state index in [1.54, 1.807) is 23.5 Å². The molecule has 0 saturated carbocycles. The first-order valence-corrected chi connectivity index (χ1v) is 9.85. The number of hydrogen-bond acceptors (Lipinski definition) is 4. The summed E-state index contributed by atoms with van der Waals surface area (Å²) in [5, 5.41) is 0. The second-order valence-corrected chi connectivity index (χ2v) is 7.27. The second kappa shape index (κ2) is 8.75. The summed E-state index contributed by atoms with van der Waals surface area (Å²) in [6.07, 6.45) is 4.86. The molecule has 4 rings (SSSR count). The Kier molecular flexibility index (Phi) is 5.72. The van der Waals surface area contributed by atoms with Crippen LogP contribution in [0.3, 0.4) is 0 Å². The predicted molar refractivity (Wildman–Crippen MR) is 116 cm³/mol. The molecule has 0 aliphatic carbocycles. The molecule has 2 aromatic carbocycles. The minimum Gasteiger partial charge on any atom is -0.302 e. The number of amides is 1. The molecule has 0 bridgehead atoms. The quantitative estimate of drug-likeness (QED) is 0.427. The molecule has 29 heavy (non-hydrogen) atoms. The van der Waals surface area contributed by atoms with Crippen LogP contribution < -0.4 is 4.90 Å². The Morgan fingerprint density at radius 1 is 0.828 bits per heavy atom. The molecule has 6 heteroatoms.